The van der Waals surface area contributed by atoms with Gasteiger partial charge in [-0.3, -0.25) is 9.97 Å². The number of hydrogen-bond acceptors (Lipinski definition) is 5. The van der Waals surface area contributed by atoms with E-state index < -0.39 is 0 Å². The summed E-state index contributed by atoms with van der Waals surface area (Å²) in [5, 5.41) is 1.04. The second kappa shape index (κ2) is 7.33. The molecular weight excluding hydrogens is 372 g/mol. The lowest BCUT2D eigenvalue weighted by Gasteiger charge is -2.09. The predicted molar refractivity (Wildman–Crippen MR) is 121 cm³/mol. The highest BCUT2D eigenvalue weighted by Crippen LogP contribution is 2.29. The summed E-state index contributed by atoms with van der Waals surface area (Å²) in [7, 11) is 0. The van der Waals surface area contributed by atoms with E-state index in [0.717, 1.165) is 50.4 Å². The molecule has 5 rings (SSSR count). The lowest BCUT2D eigenvalue weighted by molar-refractivity contribution is 1.11. The number of aromatic amines is 1. The van der Waals surface area contributed by atoms with Crippen LogP contribution in [0.5, 0.6) is 0 Å². The van der Waals surface area contributed by atoms with Gasteiger partial charge in [-0.15, -0.1) is 0 Å². The van der Waals surface area contributed by atoms with Gasteiger partial charge in [0.15, 0.2) is 0 Å². The van der Waals surface area contributed by atoms with Crippen LogP contribution in [0.15, 0.2) is 79.4 Å². The first kappa shape index (κ1) is 17.9. The Hall–Kier alpha value is -4.19. The van der Waals surface area contributed by atoms with E-state index in [1.807, 2.05) is 42.5 Å². The van der Waals surface area contributed by atoms with Gasteiger partial charge in [-0.2, -0.15) is 0 Å². The van der Waals surface area contributed by atoms with Crippen LogP contribution in [0.4, 0.5) is 11.4 Å². The van der Waals surface area contributed by atoms with Crippen molar-refractivity contribution in [1.82, 2.24) is 19.9 Å². The third kappa shape index (κ3) is 3.35. The standard InChI is InChI=1S/C24H20N6/c25-18-10-17(13-27-14-18)15-4-5-22(26)16(9-15)11-19-12-21-20(6-8-29-24(21)30-19)23-3-1-2-7-28-23/h1-10,12-14H,11,25-26H2,(H,29,30). The summed E-state index contributed by atoms with van der Waals surface area (Å²) in [5.41, 5.74) is 20.4. The molecule has 4 aromatic heterocycles. The van der Waals surface area contributed by atoms with Gasteiger partial charge >= 0.3 is 0 Å². The first-order valence-corrected chi connectivity index (χ1v) is 9.65. The average Bonchev–Trinajstić information content (AvgIpc) is 3.18. The number of nitrogens with two attached hydrogens (primary N) is 2. The third-order valence-corrected chi connectivity index (χ3v) is 5.15. The number of anilines is 2. The Morgan fingerprint density at radius 1 is 0.833 bits per heavy atom. The topological polar surface area (TPSA) is 106 Å². The summed E-state index contributed by atoms with van der Waals surface area (Å²) in [5.74, 6) is 0. The zero-order valence-corrected chi connectivity index (χ0v) is 16.2. The van der Waals surface area contributed by atoms with Gasteiger partial charge in [-0.25, -0.2) is 4.98 Å². The third-order valence-electron chi connectivity index (χ3n) is 5.15. The summed E-state index contributed by atoms with van der Waals surface area (Å²) in [6.45, 7) is 0. The smallest absolute Gasteiger partial charge is 0.138 e. The molecule has 6 heteroatoms. The second-order valence-electron chi connectivity index (χ2n) is 7.23. The molecule has 5 N–H and O–H groups in total. The maximum absolute atomic E-state index is 6.28. The molecule has 4 heterocycles. The molecule has 5 aromatic rings. The molecule has 6 nitrogen and oxygen atoms in total. The second-order valence-corrected chi connectivity index (χ2v) is 7.23. The Balaban J connectivity index is 1.53. The van der Waals surface area contributed by atoms with E-state index in [4.69, 9.17) is 11.5 Å². The van der Waals surface area contributed by atoms with Gasteiger partial charge in [0.25, 0.3) is 0 Å². The molecule has 146 valence electrons. The summed E-state index contributed by atoms with van der Waals surface area (Å²) in [6.07, 6.45) is 7.70. The minimum atomic E-state index is 0.634. The van der Waals surface area contributed by atoms with Crippen LogP contribution in [-0.4, -0.2) is 19.9 Å². The first-order valence-electron chi connectivity index (χ1n) is 9.65. The van der Waals surface area contributed by atoms with Crippen LogP contribution in [0.2, 0.25) is 0 Å². The SMILES string of the molecule is Nc1cncc(-c2ccc(N)c(Cc3cc4c(-c5ccccn5)ccnc4[nH]3)c2)c1. The van der Waals surface area contributed by atoms with Crippen LogP contribution in [-0.2, 0) is 6.42 Å². The molecule has 0 aliphatic heterocycles. The number of H-pyrrole nitrogens is 1. The molecule has 0 amide bonds. The summed E-state index contributed by atoms with van der Waals surface area (Å²) in [4.78, 5) is 16.6. The Morgan fingerprint density at radius 2 is 1.77 bits per heavy atom. The number of nitrogens with one attached hydrogen (secondary N) is 1. The quantitative estimate of drug-likeness (QED) is 0.392. The molecule has 0 spiro atoms. The normalized spacial score (nSPS) is 11.1. The fourth-order valence-corrected chi connectivity index (χ4v) is 3.68. The van der Waals surface area contributed by atoms with E-state index in [9.17, 15) is 0 Å². The number of rotatable bonds is 4. The van der Waals surface area contributed by atoms with E-state index in [0.29, 0.717) is 12.1 Å². The summed E-state index contributed by atoms with van der Waals surface area (Å²) >= 11 is 0. The van der Waals surface area contributed by atoms with Gasteiger partial charge in [-0.1, -0.05) is 12.1 Å². The molecule has 0 saturated carbocycles. The highest BCUT2D eigenvalue weighted by molar-refractivity contribution is 5.92. The van der Waals surface area contributed by atoms with Gasteiger partial charge in [0, 0.05) is 59.1 Å². The molecule has 0 saturated heterocycles. The Kier molecular flexibility index (Phi) is 4.37. The van der Waals surface area contributed by atoms with Gasteiger partial charge in [0.1, 0.15) is 5.65 Å². The van der Waals surface area contributed by atoms with E-state index >= 15 is 0 Å². The summed E-state index contributed by atoms with van der Waals surface area (Å²) in [6, 6.07) is 17.9. The van der Waals surface area contributed by atoms with Crippen molar-refractivity contribution in [3.63, 3.8) is 0 Å². The molecule has 30 heavy (non-hydrogen) atoms. The van der Waals surface area contributed by atoms with Crippen molar-refractivity contribution in [2.24, 2.45) is 0 Å². The molecule has 0 atom stereocenters. The van der Waals surface area contributed by atoms with E-state index in [1.54, 1.807) is 24.8 Å². The first-order chi connectivity index (χ1) is 14.7. The van der Waals surface area contributed by atoms with Crippen LogP contribution in [0.3, 0.4) is 0 Å². The molecule has 0 bridgehead atoms. The number of nitrogens with zero attached hydrogens (tertiary/aromatic N) is 3. The van der Waals surface area contributed by atoms with Crippen molar-refractivity contribution in [3.8, 4) is 22.4 Å². The number of benzene rings is 1. The molecule has 0 unspecified atom stereocenters. The molecule has 0 radical (unpaired) electrons. The lowest BCUT2D eigenvalue weighted by atomic mass is 10.00. The van der Waals surface area contributed by atoms with Crippen LogP contribution in [0.1, 0.15) is 11.3 Å². The Morgan fingerprint density at radius 3 is 2.60 bits per heavy atom. The minimum Gasteiger partial charge on any atom is -0.398 e. The lowest BCUT2D eigenvalue weighted by Crippen LogP contribution is -1.97. The van der Waals surface area contributed by atoms with Crippen LogP contribution >= 0.6 is 0 Å². The molecule has 0 aliphatic carbocycles. The van der Waals surface area contributed by atoms with Crippen LogP contribution in [0.25, 0.3) is 33.4 Å². The minimum absolute atomic E-state index is 0.634. The van der Waals surface area contributed by atoms with Gasteiger partial charge in [0.05, 0.1) is 11.4 Å². The maximum Gasteiger partial charge on any atom is 0.138 e. The zero-order chi connectivity index (χ0) is 20.5. The number of aromatic nitrogens is 4. The average molecular weight is 392 g/mol. The Bertz CT molecular complexity index is 1340. The van der Waals surface area contributed by atoms with E-state index in [2.05, 4.69) is 32.1 Å². The van der Waals surface area contributed by atoms with Crippen molar-refractivity contribution in [2.75, 3.05) is 11.5 Å². The number of pyridine rings is 3. The van der Waals surface area contributed by atoms with Crippen molar-refractivity contribution < 1.29 is 0 Å². The van der Waals surface area contributed by atoms with Gasteiger partial charge < -0.3 is 16.5 Å². The highest BCUT2D eigenvalue weighted by Gasteiger charge is 2.11. The van der Waals surface area contributed by atoms with Crippen molar-refractivity contribution >= 4 is 22.4 Å². The van der Waals surface area contributed by atoms with E-state index in [1.165, 1.54) is 0 Å². The fourth-order valence-electron chi connectivity index (χ4n) is 3.68. The van der Waals surface area contributed by atoms with Crippen LogP contribution < -0.4 is 11.5 Å². The predicted octanol–water partition coefficient (Wildman–Crippen LogP) is 4.44. The van der Waals surface area contributed by atoms with Crippen molar-refractivity contribution in [1.29, 1.82) is 0 Å². The van der Waals surface area contributed by atoms with Crippen LogP contribution in [0, 0.1) is 0 Å². The summed E-state index contributed by atoms with van der Waals surface area (Å²) < 4.78 is 0. The molecular formula is C24H20N6. The molecule has 0 fully saturated rings. The molecule has 0 aliphatic rings. The van der Waals surface area contributed by atoms with E-state index in [-0.39, 0.29) is 0 Å². The maximum atomic E-state index is 6.28. The largest absolute Gasteiger partial charge is 0.398 e. The van der Waals surface area contributed by atoms with Gasteiger partial charge in [-0.05, 0) is 53.6 Å². The fraction of sp³-hybridized carbons (Fsp3) is 0.0417. The molecule has 1 aromatic carbocycles. The monoisotopic (exact) mass is 392 g/mol. The highest BCUT2D eigenvalue weighted by atomic mass is 14.9. The van der Waals surface area contributed by atoms with Crippen molar-refractivity contribution in [3.05, 3.63) is 90.6 Å². The Labute approximate surface area is 173 Å². The number of hydrogen-bond donors (Lipinski definition) is 3. The van der Waals surface area contributed by atoms with Crippen molar-refractivity contribution in [2.45, 2.75) is 6.42 Å². The number of fused-ring (bicyclic) bond motifs is 1. The zero-order valence-electron chi connectivity index (χ0n) is 16.2. The van der Waals surface area contributed by atoms with Gasteiger partial charge in [0.2, 0.25) is 0 Å². The number of nitrogen functional groups attached to an aromatic ring is 2.